The van der Waals surface area contributed by atoms with Crippen LogP contribution >= 0.6 is 0 Å². The van der Waals surface area contributed by atoms with E-state index in [1.807, 2.05) is 36.9 Å². The minimum Gasteiger partial charge on any atom is -0.487 e. The van der Waals surface area contributed by atoms with Gasteiger partial charge < -0.3 is 4.74 Å². The Kier molecular flexibility index (Phi) is 3.65. The molecule has 0 spiro atoms. The first-order valence-electron chi connectivity index (χ1n) is 6.59. The van der Waals surface area contributed by atoms with Gasteiger partial charge >= 0.3 is 0 Å². The topological polar surface area (TPSA) is 27.1 Å². The smallest absolute Gasteiger partial charge is 0.132 e. The third-order valence-corrected chi connectivity index (χ3v) is 3.27. The number of aromatic nitrogens is 2. The highest BCUT2D eigenvalue weighted by molar-refractivity contribution is 5.31. The molecule has 2 rings (SSSR count). The summed E-state index contributed by atoms with van der Waals surface area (Å²) >= 11 is 0. The van der Waals surface area contributed by atoms with Gasteiger partial charge in [0.15, 0.2) is 0 Å². The van der Waals surface area contributed by atoms with Crippen LogP contribution in [0.25, 0.3) is 0 Å². The van der Waals surface area contributed by atoms with Crippen LogP contribution in [0.3, 0.4) is 0 Å². The van der Waals surface area contributed by atoms with E-state index in [9.17, 15) is 0 Å². The number of nitrogens with zero attached hydrogens (tertiary/aromatic N) is 2. The molecule has 19 heavy (non-hydrogen) atoms. The zero-order valence-electron chi connectivity index (χ0n) is 12.4. The van der Waals surface area contributed by atoms with Gasteiger partial charge in [0.2, 0.25) is 0 Å². The predicted octanol–water partition coefficient (Wildman–Crippen LogP) is 3.61. The van der Waals surface area contributed by atoms with Crippen LogP contribution in [-0.2, 0) is 19.1 Å². The molecule has 3 heteroatoms. The van der Waals surface area contributed by atoms with E-state index < -0.39 is 0 Å². The Morgan fingerprint density at radius 3 is 2.26 bits per heavy atom. The number of aryl methyl sites for hydroxylation is 2. The summed E-state index contributed by atoms with van der Waals surface area (Å²) in [5, 5.41) is 4.37. The van der Waals surface area contributed by atoms with Crippen molar-refractivity contribution < 1.29 is 4.74 Å². The fourth-order valence-corrected chi connectivity index (χ4v) is 1.91. The molecule has 0 unspecified atom stereocenters. The Bertz CT molecular complexity index is 528. The van der Waals surface area contributed by atoms with Crippen molar-refractivity contribution >= 4 is 0 Å². The molecule has 0 saturated heterocycles. The molecule has 0 radical (unpaired) electrons. The Labute approximate surface area is 115 Å². The van der Waals surface area contributed by atoms with Gasteiger partial charge in [-0.25, -0.2) is 0 Å². The maximum Gasteiger partial charge on any atom is 0.132 e. The summed E-state index contributed by atoms with van der Waals surface area (Å²) in [6, 6.07) is 10.3. The van der Waals surface area contributed by atoms with E-state index in [2.05, 4.69) is 38.0 Å². The van der Waals surface area contributed by atoms with Crippen molar-refractivity contribution in [3.05, 3.63) is 47.3 Å². The maximum absolute atomic E-state index is 5.75. The molecule has 0 atom stereocenters. The summed E-state index contributed by atoms with van der Waals surface area (Å²) in [6.07, 6.45) is 0. The molecule has 0 aliphatic rings. The van der Waals surface area contributed by atoms with E-state index in [0.717, 1.165) is 17.1 Å². The summed E-state index contributed by atoms with van der Waals surface area (Å²) in [5.41, 5.74) is 3.59. The molecule has 0 aliphatic carbocycles. The van der Waals surface area contributed by atoms with Crippen molar-refractivity contribution in [3.63, 3.8) is 0 Å². The van der Waals surface area contributed by atoms with E-state index in [0.29, 0.717) is 6.61 Å². The van der Waals surface area contributed by atoms with Crippen molar-refractivity contribution in [1.82, 2.24) is 9.78 Å². The lowest BCUT2D eigenvalue weighted by Gasteiger charge is -2.19. The highest BCUT2D eigenvalue weighted by Crippen LogP contribution is 2.24. The maximum atomic E-state index is 5.75. The molecule has 2 aromatic rings. The first kappa shape index (κ1) is 13.7. The Morgan fingerprint density at radius 2 is 1.79 bits per heavy atom. The number of benzene rings is 1. The first-order valence-corrected chi connectivity index (χ1v) is 6.59. The van der Waals surface area contributed by atoms with E-state index >= 15 is 0 Å². The largest absolute Gasteiger partial charge is 0.487 e. The van der Waals surface area contributed by atoms with Crippen molar-refractivity contribution in [2.75, 3.05) is 0 Å². The highest BCUT2D eigenvalue weighted by atomic mass is 16.5. The highest BCUT2D eigenvalue weighted by Gasteiger charge is 2.13. The number of rotatable bonds is 3. The molecule has 0 bridgehead atoms. The van der Waals surface area contributed by atoms with Gasteiger partial charge in [-0.3, -0.25) is 4.68 Å². The van der Waals surface area contributed by atoms with Gasteiger partial charge in [0.25, 0.3) is 0 Å². The average Bonchev–Trinajstić information content (AvgIpc) is 2.66. The van der Waals surface area contributed by atoms with E-state index in [4.69, 9.17) is 4.74 Å². The molecular weight excluding hydrogens is 236 g/mol. The standard InChI is InChI=1S/C16H22N2O/c1-12-10-14(17-18(12)5)11-19-15-8-6-13(7-9-15)16(2,3)4/h6-10H,11H2,1-5H3. The van der Waals surface area contributed by atoms with Gasteiger partial charge in [-0.2, -0.15) is 5.10 Å². The lowest BCUT2D eigenvalue weighted by Crippen LogP contribution is -2.10. The van der Waals surface area contributed by atoms with Crippen molar-refractivity contribution in [3.8, 4) is 5.75 Å². The monoisotopic (exact) mass is 258 g/mol. The fraction of sp³-hybridized carbons (Fsp3) is 0.438. The van der Waals surface area contributed by atoms with Crippen LogP contribution < -0.4 is 4.74 Å². The van der Waals surface area contributed by atoms with Gasteiger partial charge in [0.05, 0.1) is 0 Å². The first-order chi connectivity index (χ1) is 8.86. The molecule has 1 aromatic heterocycles. The lowest BCUT2D eigenvalue weighted by atomic mass is 9.87. The Hall–Kier alpha value is -1.77. The number of hydrogen-bond acceptors (Lipinski definition) is 2. The summed E-state index contributed by atoms with van der Waals surface area (Å²) in [5.74, 6) is 0.885. The molecule has 3 nitrogen and oxygen atoms in total. The number of ether oxygens (including phenoxy) is 1. The molecular formula is C16H22N2O. The van der Waals surface area contributed by atoms with Crippen LogP contribution in [0.15, 0.2) is 30.3 Å². The molecule has 0 saturated carbocycles. The second-order valence-corrected chi connectivity index (χ2v) is 5.96. The van der Waals surface area contributed by atoms with Crippen LogP contribution in [0.5, 0.6) is 5.75 Å². The van der Waals surface area contributed by atoms with Crippen LogP contribution in [0, 0.1) is 6.92 Å². The molecule has 1 heterocycles. The van der Waals surface area contributed by atoms with E-state index in [1.165, 1.54) is 5.56 Å². The molecule has 0 N–H and O–H groups in total. The van der Waals surface area contributed by atoms with Crippen LogP contribution in [0.1, 0.15) is 37.7 Å². The van der Waals surface area contributed by atoms with Gasteiger partial charge in [-0.15, -0.1) is 0 Å². The second-order valence-electron chi connectivity index (χ2n) is 5.96. The van der Waals surface area contributed by atoms with Crippen LogP contribution in [0.4, 0.5) is 0 Å². The Balaban J connectivity index is 2.00. The van der Waals surface area contributed by atoms with Crippen molar-refractivity contribution in [1.29, 1.82) is 0 Å². The lowest BCUT2D eigenvalue weighted by molar-refractivity contribution is 0.300. The summed E-state index contributed by atoms with van der Waals surface area (Å²) in [6.45, 7) is 9.17. The normalized spacial score (nSPS) is 11.6. The number of hydrogen-bond donors (Lipinski definition) is 0. The Morgan fingerprint density at radius 1 is 1.16 bits per heavy atom. The molecule has 0 fully saturated rings. The zero-order chi connectivity index (χ0) is 14.0. The fourth-order valence-electron chi connectivity index (χ4n) is 1.91. The van der Waals surface area contributed by atoms with Crippen LogP contribution in [-0.4, -0.2) is 9.78 Å². The minimum absolute atomic E-state index is 0.177. The quantitative estimate of drug-likeness (QED) is 0.841. The van der Waals surface area contributed by atoms with Gasteiger partial charge in [0.1, 0.15) is 18.1 Å². The summed E-state index contributed by atoms with van der Waals surface area (Å²) < 4.78 is 7.61. The third kappa shape index (κ3) is 3.37. The van der Waals surface area contributed by atoms with Gasteiger partial charge in [0, 0.05) is 12.7 Å². The summed E-state index contributed by atoms with van der Waals surface area (Å²) in [4.78, 5) is 0. The SMILES string of the molecule is Cc1cc(COc2ccc(C(C)(C)C)cc2)nn1C. The second kappa shape index (κ2) is 5.08. The average molecular weight is 258 g/mol. The van der Waals surface area contributed by atoms with Gasteiger partial charge in [-0.05, 0) is 36.1 Å². The minimum atomic E-state index is 0.177. The zero-order valence-corrected chi connectivity index (χ0v) is 12.4. The van der Waals surface area contributed by atoms with Crippen molar-refractivity contribution in [2.45, 2.75) is 39.7 Å². The van der Waals surface area contributed by atoms with E-state index in [-0.39, 0.29) is 5.41 Å². The molecule has 0 aliphatic heterocycles. The van der Waals surface area contributed by atoms with Crippen LogP contribution in [0.2, 0.25) is 0 Å². The molecule has 102 valence electrons. The van der Waals surface area contributed by atoms with Crippen molar-refractivity contribution in [2.24, 2.45) is 7.05 Å². The molecule has 0 amide bonds. The third-order valence-electron chi connectivity index (χ3n) is 3.27. The summed E-state index contributed by atoms with van der Waals surface area (Å²) in [7, 11) is 1.94. The molecule has 1 aromatic carbocycles. The van der Waals surface area contributed by atoms with E-state index in [1.54, 1.807) is 0 Å². The van der Waals surface area contributed by atoms with Gasteiger partial charge in [-0.1, -0.05) is 32.9 Å². The predicted molar refractivity (Wildman–Crippen MR) is 77.4 cm³/mol.